The molecule has 0 bridgehead atoms. The van der Waals surface area contributed by atoms with Crippen molar-refractivity contribution in [2.24, 2.45) is 0 Å². The lowest BCUT2D eigenvalue weighted by atomic mass is 10.4. The standard InChI is InChI=1S/C9H18N2O3S/c1-7(6-15-3)10-9(14)11(2)5-4-8(12)13/h7H,4-6H2,1-3H3,(H,10,14)(H,12,13). The van der Waals surface area contributed by atoms with Crippen molar-refractivity contribution in [1.29, 1.82) is 0 Å². The van der Waals surface area contributed by atoms with Crippen molar-refractivity contribution < 1.29 is 14.7 Å². The summed E-state index contributed by atoms with van der Waals surface area (Å²) in [6.45, 7) is 2.15. The van der Waals surface area contributed by atoms with Gasteiger partial charge in [-0.3, -0.25) is 4.79 Å². The van der Waals surface area contributed by atoms with E-state index in [-0.39, 0.29) is 25.0 Å². The van der Waals surface area contributed by atoms with Crippen molar-refractivity contribution in [3.63, 3.8) is 0 Å². The van der Waals surface area contributed by atoms with Gasteiger partial charge in [0.05, 0.1) is 6.42 Å². The number of carboxylic acid groups (broad SMARTS) is 1. The highest BCUT2D eigenvalue weighted by atomic mass is 32.2. The van der Waals surface area contributed by atoms with E-state index in [9.17, 15) is 9.59 Å². The number of amides is 2. The number of carbonyl (C=O) groups is 2. The van der Waals surface area contributed by atoms with Crippen LogP contribution in [0, 0.1) is 0 Å². The first kappa shape index (κ1) is 14.1. The molecule has 0 rings (SSSR count). The molecule has 88 valence electrons. The quantitative estimate of drug-likeness (QED) is 0.715. The maximum atomic E-state index is 11.5. The van der Waals surface area contributed by atoms with E-state index in [1.54, 1.807) is 18.8 Å². The van der Waals surface area contributed by atoms with Crippen LogP contribution in [0.2, 0.25) is 0 Å². The summed E-state index contributed by atoms with van der Waals surface area (Å²) in [6, 6.07) is -0.127. The Morgan fingerprint density at radius 2 is 2.13 bits per heavy atom. The van der Waals surface area contributed by atoms with Crippen LogP contribution < -0.4 is 5.32 Å². The molecule has 0 aliphatic rings. The molecule has 15 heavy (non-hydrogen) atoms. The normalized spacial score (nSPS) is 11.9. The molecule has 1 atom stereocenters. The second-order valence-corrected chi connectivity index (χ2v) is 4.28. The lowest BCUT2D eigenvalue weighted by Crippen LogP contribution is -2.43. The fraction of sp³-hybridized carbons (Fsp3) is 0.778. The van der Waals surface area contributed by atoms with Gasteiger partial charge in [-0.05, 0) is 13.2 Å². The van der Waals surface area contributed by atoms with Gasteiger partial charge in [-0.2, -0.15) is 11.8 Å². The maximum Gasteiger partial charge on any atom is 0.317 e. The molecule has 1 unspecified atom stereocenters. The molecule has 0 aliphatic carbocycles. The molecular formula is C9H18N2O3S. The highest BCUT2D eigenvalue weighted by molar-refractivity contribution is 7.98. The monoisotopic (exact) mass is 234 g/mol. The van der Waals surface area contributed by atoms with Crippen LogP contribution >= 0.6 is 11.8 Å². The summed E-state index contributed by atoms with van der Waals surface area (Å²) in [5.41, 5.74) is 0. The highest BCUT2D eigenvalue weighted by Crippen LogP contribution is 1.97. The number of carboxylic acids is 1. The van der Waals surface area contributed by atoms with Crippen molar-refractivity contribution in [1.82, 2.24) is 10.2 Å². The number of carbonyl (C=O) groups excluding carboxylic acids is 1. The first-order valence-electron chi connectivity index (χ1n) is 4.69. The van der Waals surface area contributed by atoms with E-state index in [0.29, 0.717) is 0 Å². The number of urea groups is 1. The average Bonchev–Trinajstić information content (AvgIpc) is 2.14. The fourth-order valence-corrected chi connectivity index (χ4v) is 1.56. The average molecular weight is 234 g/mol. The molecule has 0 aromatic rings. The van der Waals surface area contributed by atoms with Crippen LogP contribution in [0.15, 0.2) is 0 Å². The fourth-order valence-electron chi connectivity index (χ4n) is 0.978. The third kappa shape index (κ3) is 7.07. The van der Waals surface area contributed by atoms with Gasteiger partial charge in [-0.1, -0.05) is 0 Å². The molecule has 2 amide bonds. The van der Waals surface area contributed by atoms with Crippen LogP contribution in [-0.4, -0.2) is 53.6 Å². The van der Waals surface area contributed by atoms with E-state index in [0.717, 1.165) is 5.75 Å². The zero-order chi connectivity index (χ0) is 11.8. The number of rotatable bonds is 6. The Labute approximate surface area is 94.2 Å². The van der Waals surface area contributed by atoms with E-state index in [2.05, 4.69) is 5.32 Å². The van der Waals surface area contributed by atoms with Gasteiger partial charge < -0.3 is 15.3 Å². The molecule has 0 aromatic heterocycles. The molecule has 0 saturated carbocycles. The lowest BCUT2D eigenvalue weighted by molar-refractivity contribution is -0.137. The van der Waals surface area contributed by atoms with Gasteiger partial charge in [0, 0.05) is 25.4 Å². The molecule has 0 aromatic carbocycles. The summed E-state index contributed by atoms with van der Waals surface area (Å²) < 4.78 is 0. The Morgan fingerprint density at radius 3 is 2.60 bits per heavy atom. The second-order valence-electron chi connectivity index (χ2n) is 3.37. The largest absolute Gasteiger partial charge is 0.481 e. The van der Waals surface area contributed by atoms with Crippen LogP contribution in [-0.2, 0) is 4.79 Å². The molecule has 0 aliphatic heterocycles. The molecule has 0 saturated heterocycles. The zero-order valence-corrected chi connectivity index (χ0v) is 10.1. The summed E-state index contributed by atoms with van der Waals surface area (Å²) in [6.07, 6.45) is 1.94. The number of hydrogen-bond acceptors (Lipinski definition) is 3. The Bertz CT molecular complexity index is 223. The van der Waals surface area contributed by atoms with E-state index in [1.165, 1.54) is 4.90 Å². The Morgan fingerprint density at radius 1 is 1.53 bits per heavy atom. The smallest absolute Gasteiger partial charge is 0.317 e. The van der Waals surface area contributed by atoms with E-state index < -0.39 is 5.97 Å². The Kier molecular flexibility index (Phi) is 6.94. The summed E-state index contributed by atoms with van der Waals surface area (Å²) in [5.74, 6) is -0.0507. The van der Waals surface area contributed by atoms with E-state index in [4.69, 9.17) is 5.11 Å². The minimum atomic E-state index is -0.896. The number of hydrogen-bond donors (Lipinski definition) is 2. The number of aliphatic carboxylic acids is 1. The maximum absolute atomic E-state index is 11.5. The SMILES string of the molecule is CSCC(C)NC(=O)N(C)CCC(=O)O. The third-order valence-electron chi connectivity index (χ3n) is 1.79. The minimum Gasteiger partial charge on any atom is -0.481 e. The van der Waals surface area contributed by atoms with Crippen molar-refractivity contribution >= 4 is 23.8 Å². The van der Waals surface area contributed by atoms with Gasteiger partial charge >= 0.3 is 12.0 Å². The molecular weight excluding hydrogens is 216 g/mol. The van der Waals surface area contributed by atoms with Crippen LogP contribution in [0.4, 0.5) is 4.79 Å². The lowest BCUT2D eigenvalue weighted by Gasteiger charge is -2.20. The molecule has 0 heterocycles. The number of nitrogens with zero attached hydrogens (tertiary/aromatic N) is 1. The molecule has 2 N–H and O–H groups in total. The summed E-state index contributed by atoms with van der Waals surface area (Å²) in [4.78, 5) is 23.1. The molecule has 0 radical (unpaired) electrons. The third-order valence-corrected chi connectivity index (χ3v) is 2.63. The van der Waals surface area contributed by atoms with Crippen molar-refractivity contribution in [3.05, 3.63) is 0 Å². The topological polar surface area (TPSA) is 69.6 Å². The van der Waals surface area contributed by atoms with E-state index >= 15 is 0 Å². The van der Waals surface area contributed by atoms with Crippen LogP contribution in [0.5, 0.6) is 0 Å². The van der Waals surface area contributed by atoms with E-state index in [1.807, 2.05) is 13.2 Å². The van der Waals surface area contributed by atoms with Crippen LogP contribution in [0.3, 0.4) is 0 Å². The first-order valence-corrected chi connectivity index (χ1v) is 6.09. The summed E-state index contributed by atoms with van der Waals surface area (Å²) in [5, 5.41) is 11.2. The van der Waals surface area contributed by atoms with Gasteiger partial charge in [0.1, 0.15) is 0 Å². The van der Waals surface area contributed by atoms with Crippen molar-refractivity contribution in [2.75, 3.05) is 25.6 Å². The highest BCUT2D eigenvalue weighted by Gasteiger charge is 2.12. The Balaban J connectivity index is 3.82. The minimum absolute atomic E-state index is 0.0270. The van der Waals surface area contributed by atoms with Crippen LogP contribution in [0.1, 0.15) is 13.3 Å². The molecule has 0 spiro atoms. The van der Waals surface area contributed by atoms with Gasteiger partial charge in [0.25, 0.3) is 0 Å². The molecule has 5 nitrogen and oxygen atoms in total. The Hall–Kier alpha value is -0.910. The molecule has 0 fully saturated rings. The number of thioether (sulfide) groups is 1. The van der Waals surface area contributed by atoms with Gasteiger partial charge in [-0.15, -0.1) is 0 Å². The molecule has 6 heteroatoms. The summed E-state index contributed by atoms with van der Waals surface area (Å²) in [7, 11) is 1.59. The predicted octanol–water partition coefficient (Wildman–Crippen LogP) is 0.854. The van der Waals surface area contributed by atoms with Gasteiger partial charge in [0.2, 0.25) is 0 Å². The van der Waals surface area contributed by atoms with Crippen molar-refractivity contribution in [3.8, 4) is 0 Å². The van der Waals surface area contributed by atoms with Gasteiger partial charge in [0.15, 0.2) is 0 Å². The first-order chi connectivity index (χ1) is 6.97. The predicted molar refractivity (Wildman–Crippen MR) is 61.3 cm³/mol. The second kappa shape index (κ2) is 7.39. The van der Waals surface area contributed by atoms with Crippen LogP contribution in [0.25, 0.3) is 0 Å². The summed E-state index contributed by atoms with van der Waals surface area (Å²) >= 11 is 1.65. The number of nitrogens with one attached hydrogen (secondary N) is 1. The van der Waals surface area contributed by atoms with Gasteiger partial charge in [-0.25, -0.2) is 4.79 Å². The van der Waals surface area contributed by atoms with Crippen molar-refractivity contribution in [2.45, 2.75) is 19.4 Å². The zero-order valence-electron chi connectivity index (χ0n) is 9.32.